The Kier molecular flexibility index (Phi) is 53.4. The number of rotatable bonds is 50. The lowest BCUT2D eigenvalue weighted by atomic mass is 10.0. The maximum atomic E-state index is 12.8. The number of esters is 3. The Morgan fingerprint density at radius 3 is 0.971 bits per heavy atom. The van der Waals surface area contributed by atoms with Gasteiger partial charge in [0.25, 0.3) is 0 Å². The van der Waals surface area contributed by atoms with Crippen LogP contribution in [0.25, 0.3) is 0 Å². The van der Waals surface area contributed by atoms with Crippen molar-refractivity contribution < 1.29 is 28.6 Å². The van der Waals surface area contributed by atoms with Crippen LogP contribution in [0.5, 0.6) is 0 Å². The fourth-order valence-electron chi connectivity index (χ4n) is 7.52. The van der Waals surface area contributed by atoms with Crippen molar-refractivity contribution in [1.29, 1.82) is 0 Å². The van der Waals surface area contributed by atoms with Gasteiger partial charge in [0.2, 0.25) is 0 Å². The van der Waals surface area contributed by atoms with Crippen LogP contribution in [0.1, 0.15) is 252 Å². The van der Waals surface area contributed by atoms with Gasteiger partial charge >= 0.3 is 17.9 Å². The van der Waals surface area contributed by atoms with Gasteiger partial charge in [0.1, 0.15) is 13.2 Å². The van der Waals surface area contributed by atoms with Crippen LogP contribution >= 0.6 is 0 Å². The maximum Gasteiger partial charge on any atom is 0.306 e. The minimum Gasteiger partial charge on any atom is -0.462 e. The van der Waals surface area contributed by atoms with Gasteiger partial charge in [0.05, 0.1) is 0 Å². The largest absolute Gasteiger partial charge is 0.462 e. The molecule has 0 aliphatic heterocycles. The van der Waals surface area contributed by atoms with Crippen molar-refractivity contribution in [2.75, 3.05) is 13.2 Å². The summed E-state index contributed by atoms with van der Waals surface area (Å²) in [5, 5.41) is 0. The summed E-state index contributed by atoms with van der Waals surface area (Å²) in [5.41, 5.74) is 0. The number of carbonyl (C=O) groups excluding carboxylic acids is 3. The predicted octanol–water partition coefficient (Wildman–Crippen LogP) is 19.1. The monoisotopic (exact) mass is 957 g/mol. The van der Waals surface area contributed by atoms with E-state index in [1.54, 1.807) is 0 Å². The van der Waals surface area contributed by atoms with Crippen LogP contribution < -0.4 is 0 Å². The van der Waals surface area contributed by atoms with E-state index in [0.717, 1.165) is 103 Å². The zero-order valence-electron chi connectivity index (χ0n) is 44.8. The molecule has 0 amide bonds. The van der Waals surface area contributed by atoms with Crippen molar-refractivity contribution in [3.8, 4) is 0 Å². The first-order chi connectivity index (χ1) is 34.0. The Morgan fingerprint density at radius 1 is 0.304 bits per heavy atom. The number of hydrogen-bond acceptors (Lipinski definition) is 6. The molecular formula is C63H104O6. The average Bonchev–Trinajstić information content (AvgIpc) is 3.35. The molecule has 0 aliphatic rings. The van der Waals surface area contributed by atoms with Gasteiger partial charge in [-0.05, 0) is 103 Å². The molecule has 0 fully saturated rings. The molecule has 0 unspecified atom stereocenters. The normalized spacial score (nSPS) is 12.9. The smallest absolute Gasteiger partial charge is 0.306 e. The molecule has 0 rings (SSSR count). The van der Waals surface area contributed by atoms with Crippen molar-refractivity contribution >= 4 is 17.9 Å². The van der Waals surface area contributed by atoms with Crippen LogP contribution in [0.4, 0.5) is 0 Å². The maximum absolute atomic E-state index is 12.8. The van der Waals surface area contributed by atoms with E-state index in [1.165, 1.54) is 103 Å². The number of allylic oxidation sites excluding steroid dienone is 18. The van der Waals surface area contributed by atoms with Gasteiger partial charge in [-0.15, -0.1) is 0 Å². The molecule has 0 saturated heterocycles. The summed E-state index contributed by atoms with van der Waals surface area (Å²) in [4.78, 5) is 38.1. The summed E-state index contributed by atoms with van der Waals surface area (Å²) < 4.78 is 16.8. The average molecular weight is 958 g/mol. The highest BCUT2D eigenvalue weighted by Gasteiger charge is 2.19. The van der Waals surface area contributed by atoms with Gasteiger partial charge in [-0.2, -0.15) is 0 Å². The minimum atomic E-state index is -0.814. The van der Waals surface area contributed by atoms with Gasteiger partial charge in [0.15, 0.2) is 6.10 Å². The van der Waals surface area contributed by atoms with Crippen molar-refractivity contribution in [3.05, 3.63) is 109 Å². The number of carbonyl (C=O) groups is 3. The van der Waals surface area contributed by atoms with Gasteiger partial charge in [0, 0.05) is 19.3 Å². The second-order valence-corrected chi connectivity index (χ2v) is 18.5. The second kappa shape index (κ2) is 56.7. The van der Waals surface area contributed by atoms with Crippen LogP contribution in [-0.2, 0) is 28.6 Å². The fourth-order valence-corrected chi connectivity index (χ4v) is 7.52. The summed E-state index contributed by atoms with van der Waals surface area (Å²) in [7, 11) is 0. The second-order valence-electron chi connectivity index (χ2n) is 18.5. The molecule has 6 heteroatoms. The summed E-state index contributed by atoms with van der Waals surface area (Å²) >= 11 is 0. The molecule has 0 aromatic heterocycles. The molecule has 0 aromatic carbocycles. The molecule has 0 aromatic rings. The van der Waals surface area contributed by atoms with Crippen molar-refractivity contribution in [2.24, 2.45) is 0 Å². The van der Waals surface area contributed by atoms with Crippen LogP contribution in [0, 0.1) is 0 Å². The molecule has 0 aliphatic carbocycles. The standard InChI is InChI=1S/C63H104O6/c1-4-7-10-13-16-19-22-25-28-30-31-33-36-38-41-44-47-50-53-56-62(65)68-59-60(69-63(66)57-54-51-48-45-42-39-34-27-24-21-18-15-12-9-6-3)58-67-61(64)55-52-49-46-43-40-37-35-32-29-26-23-20-17-14-11-8-5-2/h7,10,16-17,19-20,25-26,28-29,31,33,35,37-38,41,43,46,60H,4-6,8-9,11-15,18,21-24,27,30,32,34,36,39-40,42,44-45,47-59H2,1-3H3/b10-7-,19-16-,20-17-,28-25-,29-26-,33-31-,37-35-,41-38-,46-43-/t60-/m0/s1. The van der Waals surface area contributed by atoms with Crippen molar-refractivity contribution in [3.63, 3.8) is 0 Å². The van der Waals surface area contributed by atoms with E-state index in [0.29, 0.717) is 19.3 Å². The highest BCUT2D eigenvalue weighted by Crippen LogP contribution is 2.15. The Labute approximate surface area is 425 Å². The lowest BCUT2D eigenvalue weighted by Gasteiger charge is -2.18. The molecule has 0 heterocycles. The van der Waals surface area contributed by atoms with Gasteiger partial charge < -0.3 is 14.2 Å². The lowest BCUT2D eigenvalue weighted by Crippen LogP contribution is -2.30. The van der Waals surface area contributed by atoms with Gasteiger partial charge in [-0.25, -0.2) is 0 Å². The lowest BCUT2D eigenvalue weighted by molar-refractivity contribution is -0.167. The van der Waals surface area contributed by atoms with E-state index < -0.39 is 6.10 Å². The Hall–Kier alpha value is -3.93. The van der Waals surface area contributed by atoms with Gasteiger partial charge in [-0.1, -0.05) is 239 Å². The fraction of sp³-hybridized carbons (Fsp3) is 0.667. The summed E-state index contributed by atoms with van der Waals surface area (Å²) in [6.07, 6.45) is 76.5. The molecule has 0 spiro atoms. The quantitative estimate of drug-likeness (QED) is 0.0262. The third-order valence-corrected chi connectivity index (χ3v) is 11.8. The SMILES string of the molecule is CC/C=C\C/C=C\C/C=C\C/C=C\C/C=C\CCCCCC(=O)OC[C@H](COC(=O)CCC/C=C\C/C=C\C/C=C\C/C=C\CCCCC)OC(=O)CCCCCCCCCCCCCCCCC. The minimum absolute atomic E-state index is 0.112. The molecule has 69 heavy (non-hydrogen) atoms. The highest BCUT2D eigenvalue weighted by atomic mass is 16.6. The summed E-state index contributed by atoms with van der Waals surface area (Å²) in [5.74, 6) is -0.996. The molecule has 0 N–H and O–H groups in total. The first kappa shape index (κ1) is 65.1. The predicted molar refractivity (Wildman–Crippen MR) is 297 cm³/mol. The molecule has 392 valence electrons. The molecule has 6 nitrogen and oxygen atoms in total. The molecule has 0 bridgehead atoms. The summed E-state index contributed by atoms with van der Waals surface area (Å²) in [6.45, 7) is 6.43. The Morgan fingerprint density at radius 2 is 0.580 bits per heavy atom. The number of unbranched alkanes of at least 4 members (excludes halogenated alkanes) is 21. The van der Waals surface area contributed by atoms with Crippen LogP contribution in [0.2, 0.25) is 0 Å². The number of hydrogen-bond donors (Lipinski definition) is 0. The van der Waals surface area contributed by atoms with Crippen molar-refractivity contribution in [1.82, 2.24) is 0 Å². The van der Waals surface area contributed by atoms with E-state index in [2.05, 4.69) is 130 Å². The van der Waals surface area contributed by atoms with E-state index in [9.17, 15) is 14.4 Å². The summed E-state index contributed by atoms with van der Waals surface area (Å²) in [6, 6.07) is 0. The Bertz CT molecular complexity index is 1420. The third-order valence-electron chi connectivity index (χ3n) is 11.8. The van der Waals surface area contributed by atoms with E-state index in [1.807, 2.05) is 0 Å². The van der Waals surface area contributed by atoms with E-state index >= 15 is 0 Å². The molecule has 1 atom stereocenters. The highest BCUT2D eigenvalue weighted by molar-refractivity contribution is 5.71. The molecule has 0 radical (unpaired) electrons. The molecule has 0 saturated carbocycles. The topological polar surface area (TPSA) is 78.9 Å². The first-order valence-electron chi connectivity index (χ1n) is 28.4. The third kappa shape index (κ3) is 54.9. The van der Waals surface area contributed by atoms with Crippen LogP contribution in [0.3, 0.4) is 0 Å². The van der Waals surface area contributed by atoms with Crippen LogP contribution in [0.15, 0.2) is 109 Å². The van der Waals surface area contributed by atoms with E-state index in [-0.39, 0.29) is 37.5 Å². The first-order valence-corrected chi connectivity index (χ1v) is 28.4. The van der Waals surface area contributed by atoms with Gasteiger partial charge in [-0.3, -0.25) is 14.4 Å². The zero-order chi connectivity index (χ0) is 50.0. The number of ether oxygens (including phenoxy) is 3. The zero-order valence-corrected chi connectivity index (χ0v) is 44.8. The van der Waals surface area contributed by atoms with Crippen LogP contribution in [-0.4, -0.2) is 37.2 Å². The van der Waals surface area contributed by atoms with E-state index in [4.69, 9.17) is 14.2 Å². The molecular weight excluding hydrogens is 853 g/mol. The van der Waals surface area contributed by atoms with Crippen molar-refractivity contribution in [2.45, 2.75) is 258 Å². The Balaban J connectivity index is 4.53.